The zero-order valence-electron chi connectivity index (χ0n) is 23.3. The number of halogens is 2. The van der Waals surface area contributed by atoms with E-state index in [0.717, 1.165) is 32.0 Å². The zero-order valence-corrected chi connectivity index (χ0v) is 23.3. The molecule has 0 spiro atoms. The van der Waals surface area contributed by atoms with E-state index < -0.39 is 28.9 Å². The summed E-state index contributed by atoms with van der Waals surface area (Å²) in [6, 6.07) is 10.7. The summed E-state index contributed by atoms with van der Waals surface area (Å²) in [5, 5.41) is 7.98. The number of nitrogens with zero attached hydrogens (tertiary/aromatic N) is 4. The third-order valence-corrected chi connectivity index (χ3v) is 8.16. The maximum absolute atomic E-state index is 14.9. The first-order chi connectivity index (χ1) is 20.8. The van der Waals surface area contributed by atoms with Gasteiger partial charge in [0.25, 0.3) is 0 Å². The molecule has 3 aromatic rings. The number of likely N-dealkylation sites (tertiary alicyclic amines) is 2. The predicted octanol–water partition coefficient (Wildman–Crippen LogP) is 4.61. The Bertz CT molecular complexity index is 1520. The van der Waals surface area contributed by atoms with E-state index in [-0.39, 0.29) is 29.2 Å². The number of aromatic nitrogens is 2. The molecule has 2 saturated heterocycles. The second kappa shape index (κ2) is 11.9. The van der Waals surface area contributed by atoms with Crippen LogP contribution in [0, 0.1) is 17.0 Å². The lowest BCUT2D eigenvalue weighted by Gasteiger charge is -2.42. The molecule has 3 fully saturated rings. The predicted molar refractivity (Wildman–Crippen MR) is 154 cm³/mol. The second-order valence-electron chi connectivity index (χ2n) is 11.0. The molecule has 2 aromatic carbocycles. The Labute approximate surface area is 246 Å². The molecule has 13 heteroatoms. The highest BCUT2D eigenvalue weighted by molar-refractivity contribution is 6.16. The molecule has 11 nitrogen and oxygen atoms in total. The van der Waals surface area contributed by atoms with Crippen molar-refractivity contribution in [2.24, 2.45) is 5.41 Å². The van der Waals surface area contributed by atoms with Gasteiger partial charge in [0.05, 0.1) is 0 Å². The van der Waals surface area contributed by atoms with Crippen LogP contribution >= 0.6 is 0 Å². The van der Waals surface area contributed by atoms with Gasteiger partial charge in [-0.2, -0.15) is 0 Å². The molecular weight excluding hydrogens is 560 g/mol. The van der Waals surface area contributed by atoms with Crippen molar-refractivity contribution in [3.63, 3.8) is 0 Å². The van der Waals surface area contributed by atoms with E-state index in [9.17, 15) is 23.2 Å². The number of urea groups is 1. The summed E-state index contributed by atoms with van der Waals surface area (Å²) in [5.74, 6) is -2.21. The molecule has 0 bridgehead atoms. The number of benzene rings is 2. The quantitative estimate of drug-likeness (QED) is 0.327. The van der Waals surface area contributed by atoms with Crippen LogP contribution in [0.2, 0.25) is 0 Å². The highest BCUT2D eigenvalue weighted by atomic mass is 19.1. The van der Waals surface area contributed by atoms with Crippen LogP contribution in [0.4, 0.5) is 30.8 Å². The summed E-state index contributed by atoms with van der Waals surface area (Å²) < 4.78 is 33.7. The smallest absolute Gasteiger partial charge is 0.323 e. The fourth-order valence-corrected chi connectivity index (χ4v) is 5.28. The minimum absolute atomic E-state index is 0.0203. The lowest BCUT2D eigenvalue weighted by atomic mass is 10.00. The number of ether oxygens (including phenoxy) is 1. The number of rotatable bonds is 8. The lowest BCUT2D eigenvalue weighted by Crippen LogP contribution is -2.51. The molecule has 0 radical (unpaired) electrons. The largest absolute Gasteiger partial charge is 0.436 e. The molecule has 1 aromatic heterocycles. The minimum Gasteiger partial charge on any atom is -0.436 e. The number of carbonyl (C=O) groups is 3. The summed E-state index contributed by atoms with van der Waals surface area (Å²) in [7, 11) is 0. The number of hydrogen-bond acceptors (Lipinski definition) is 7. The van der Waals surface area contributed by atoms with Gasteiger partial charge in [-0.3, -0.25) is 14.9 Å². The van der Waals surface area contributed by atoms with E-state index in [1.807, 2.05) is 0 Å². The van der Waals surface area contributed by atoms with E-state index in [0.29, 0.717) is 37.7 Å². The van der Waals surface area contributed by atoms with Crippen LogP contribution in [0.15, 0.2) is 54.9 Å². The molecule has 1 saturated carbocycles. The van der Waals surface area contributed by atoms with Crippen LogP contribution in [0.25, 0.3) is 0 Å². The maximum atomic E-state index is 14.9. The molecule has 2 aliphatic heterocycles. The first kappa shape index (κ1) is 28.5. The van der Waals surface area contributed by atoms with Crippen molar-refractivity contribution in [1.82, 2.24) is 19.8 Å². The Balaban J connectivity index is 1.03. The van der Waals surface area contributed by atoms with Gasteiger partial charge in [0.15, 0.2) is 11.6 Å². The Morgan fingerprint density at radius 1 is 0.837 bits per heavy atom. The van der Waals surface area contributed by atoms with E-state index in [2.05, 4.69) is 30.8 Å². The number of piperidine rings is 1. The molecule has 43 heavy (non-hydrogen) atoms. The molecule has 224 valence electrons. The summed E-state index contributed by atoms with van der Waals surface area (Å²) in [4.78, 5) is 50.8. The van der Waals surface area contributed by atoms with E-state index >= 15 is 0 Å². The number of amides is 4. The van der Waals surface area contributed by atoms with Gasteiger partial charge in [-0.1, -0.05) is 0 Å². The van der Waals surface area contributed by atoms with Gasteiger partial charge < -0.3 is 25.2 Å². The summed E-state index contributed by atoms with van der Waals surface area (Å²) in [6.07, 6.45) is 4.99. The molecule has 0 unspecified atom stereocenters. The topological polar surface area (TPSA) is 129 Å². The fraction of sp³-hybridized carbons (Fsp3) is 0.367. The van der Waals surface area contributed by atoms with Gasteiger partial charge in [-0.25, -0.2) is 23.5 Å². The molecule has 0 atom stereocenters. The monoisotopic (exact) mass is 591 g/mol. The first-order valence-corrected chi connectivity index (χ1v) is 14.3. The van der Waals surface area contributed by atoms with Gasteiger partial charge in [-0.05, 0) is 81.6 Å². The average Bonchev–Trinajstić information content (AvgIpc) is 3.78. The van der Waals surface area contributed by atoms with Crippen LogP contribution in [0.5, 0.6) is 11.6 Å². The summed E-state index contributed by atoms with van der Waals surface area (Å²) >= 11 is 0. The normalized spacial score (nSPS) is 17.9. The van der Waals surface area contributed by atoms with Crippen LogP contribution in [-0.4, -0.2) is 69.8 Å². The number of anilines is 3. The average molecular weight is 592 g/mol. The van der Waals surface area contributed by atoms with E-state index in [1.165, 1.54) is 55.2 Å². The number of hydrogen-bond donors (Lipinski definition) is 3. The summed E-state index contributed by atoms with van der Waals surface area (Å²) in [6.45, 7) is 3.60. The Hall–Kier alpha value is -4.65. The van der Waals surface area contributed by atoms with Gasteiger partial charge >= 0.3 is 6.03 Å². The van der Waals surface area contributed by atoms with Gasteiger partial charge in [0.2, 0.25) is 17.7 Å². The van der Waals surface area contributed by atoms with Crippen molar-refractivity contribution in [2.45, 2.75) is 38.1 Å². The molecule has 4 amide bonds. The van der Waals surface area contributed by atoms with Crippen LogP contribution in [-0.2, 0) is 9.59 Å². The van der Waals surface area contributed by atoms with Gasteiger partial charge in [0, 0.05) is 42.6 Å². The van der Waals surface area contributed by atoms with E-state index in [1.54, 1.807) is 4.90 Å². The summed E-state index contributed by atoms with van der Waals surface area (Å²) in [5.41, 5.74) is -0.774. The molecule has 1 aliphatic carbocycles. The standard InChI is InChI=1S/C30H31F2N7O4/c31-19-2-4-20(5-3-19)35-27(40)30(10-11-30)28(41)36-21-6-7-24(23(32)16-21)43-26-17-25(33-18-34-26)37-29(42)39-14-8-22(9-15-39)38-12-1-13-38/h2-7,16-18,22H,1,8-15H2,(H,35,40)(H,36,41)(H,33,34,37,42). The minimum atomic E-state index is -1.29. The Kier molecular flexibility index (Phi) is 7.89. The van der Waals surface area contributed by atoms with Crippen molar-refractivity contribution < 1.29 is 27.9 Å². The maximum Gasteiger partial charge on any atom is 0.323 e. The van der Waals surface area contributed by atoms with Crippen LogP contribution < -0.4 is 20.7 Å². The zero-order chi connectivity index (χ0) is 30.0. The second-order valence-corrected chi connectivity index (χ2v) is 11.0. The van der Waals surface area contributed by atoms with Gasteiger partial charge in [-0.15, -0.1) is 0 Å². The van der Waals surface area contributed by atoms with E-state index in [4.69, 9.17) is 4.74 Å². The lowest BCUT2D eigenvalue weighted by molar-refractivity contribution is -0.131. The molecule has 3 heterocycles. The van der Waals surface area contributed by atoms with Crippen molar-refractivity contribution in [3.8, 4) is 11.6 Å². The SMILES string of the molecule is O=C(Nc1cc(Oc2ccc(NC(=O)C3(C(=O)Nc4ccc(F)cc4)CC3)cc2F)ncn1)N1CCC(N2CCC2)CC1. The van der Waals surface area contributed by atoms with Crippen LogP contribution in [0.3, 0.4) is 0 Å². The van der Waals surface area contributed by atoms with Crippen molar-refractivity contribution in [3.05, 3.63) is 66.5 Å². The third kappa shape index (κ3) is 6.41. The first-order valence-electron chi connectivity index (χ1n) is 14.3. The Morgan fingerprint density at radius 3 is 2.14 bits per heavy atom. The molecule has 3 N–H and O–H groups in total. The third-order valence-electron chi connectivity index (χ3n) is 8.16. The van der Waals surface area contributed by atoms with Crippen LogP contribution in [0.1, 0.15) is 32.1 Å². The Morgan fingerprint density at radius 2 is 1.51 bits per heavy atom. The van der Waals surface area contributed by atoms with Crippen molar-refractivity contribution >= 4 is 35.0 Å². The van der Waals surface area contributed by atoms with Crippen molar-refractivity contribution in [2.75, 3.05) is 42.1 Å². The fourth-order valence-electron chi connectivity index (χ4n) is 5.28. The molecular formula is C30H31F2N7O4. The van der Waals surface area contributed by atoms with Crippen molar-refractivity contribution in [1.29, 1.82) is 0 Å². The molecule has 6 rings (SSSR count). The number of nitrogens with one attached hydrogen (secondary N) is 3. The molecule has 3 aliphatic rings. The number of carbonyl (C=O) groups excluding carboxylic acids is 3. The highest BCUT2D eigenvalue weighted by Gasteiger charge is 2.56. The highest BCUT2D eigenvalue weighted by Crippen LogP contribution is 2.47. The van der Waals surface area contributed by atoms with Gasteiger partial charge in [0.1, 0.15) is 23.4 Å².